The number of aromatic nitrogens is 2. The van der Waals surface area contributed by atoms with Gasteiger partial charge in [0.15, 0.2) is 11.5 Å². The fourth-order valence-electron chi connectivity index (χ4n) is 3.58. The second-order valence-corrected chi connectivity index (χ2v) is 6.42. The number of amides is 1. The van der Waals surface area contributed by atoms with E-state index in [-0.39, 0.29) is 11.8 Å². The van der Waals surface area contributed by atoms with Crippen LogP contribution in [0.25, 0.3) is 0 Å². The summed E-state index contributed by atoms with van der Waals surface area (Å²) in [5.74, 6) is 2.57. The zero-order valence-corrected chi connectivity index (χ0v) is 14.0. The predicted molar refractivity (Wildman–Crippen MR) is 88.6 cm³/mol. The van der Waals surface area contributed by atoms with Crippen molar-refractivity contribution in [3.05, 3.63) is 41.5 Å². The minimum absolute atomic E-state index is 0.00535. The number of benzene rings is 1. The van der Waals surface area contributed by atoms with E-state index in [0.717, 1.165) is 24.5 Å². The third-order valence-corrected chi connectivity index (χ3v) is 4.67. The molecule has 0 aliphatic carbocycles. The molecule has 1 fully saturated rings. The molecule has 3 heterocycles. The lowest BCUT2D eigenvalue weighted by Gasteiger charge is -2.23. The average molecular weight is 327 g/mol. The standard InChI is InChI=1S/C18H21N3O3/c1-12-10-20(2)17(19-12)13-6-7-21(11-13)18(22)14-4-3-5-15-16(14)24-9-8-23-15/h3-5,10,13H,6-9,11H2,1-2H3. The van der Waals surface area contributed by atoms with Crippen LogP contribution in [0.5, 0.6) is 11.5 Å². The number of hydrogen-bond donors (Lipinski definition) is 0. The molecular formula is C18H21N3O3. The van der Waals surface area contributed by atoms with E-state index < -0.39 is 0 Å². The Morgan fingerprint density at radius 1 is 1.29 bits per heavy atom. The summed E-state index contributed by atoms with van der Waals surface area (Å²) in [6.45, 7) is 4.42. The first-order valence-corrected chi connectivity index (χ1v) is 8.31. The van der Waals surface area contributed by atoms with Crippen LogP contribution in [-0.4, -0.2) is 46.7 Å². The molecule has 0 radical (unpaired) electrons. The largest absolute Gasteiger partial charge is 0.486 e. The molecule has 1 amide bonds. The summed E-state index contributed by atoms with van der Waals surface area (Å²) in [6.07, 6.45) is 2.96. The van der Waals surface area contributed by atoms with Gasteiger partial charge in [-0.15, -0.1) is 0 Å². The maximum Gasteiger partial charge on any atom is 0.257 e. The zero-order chi connectivity index (χ0) is 16.7. The number of hydrogen-bond acceptors (Lipinski definition) is 4. The Morgan fingerprint density at radius 3 is 2.92 bits per heavy atom. The van der Waals surface area contributed by atoms with Crippen molar-refractivity contribution in [2.24, 2.45) is 7.05 Å². The number of fused-ring (bicyclic) bond motifs is 1. The smallest absolute Gasteiger partial charge is 0.257 e. The van der Waals surface area contributed by atoms with Gasteiger partial charge in [-0.1, -0.05) is 6.07 Å². The Balaban J connectivity index is 1.55. The third-order valence-electron chi connectivity index (χ3n) is 4.67. The number of ether oxygens (including phenoxy) is 2. The van der Waals surface area contributed by atoms with Crippen LogP contribution in [0.15, 0.2) is 24.4 Å². The van der Waals surface area contributed by atoms with Crippen LogP contribution in [0.2, 0.25) is 0 Å². The molecule has 24 heavy (non-hydrogen) atoms. The lowest BCUT2D eigenvalue weighted by molar-refractivity contribution is 0.0779. The van der Waals surface area contributed by atoms with Crippen molar-refractivity contribution in [2.75, 3.05) is 26.3 Å². The van der Waals surface area contributed by atoms with Gasteiger partial charge in [-0.3, -0.25) is 4.79 Å². The first-order chi connectivity index (χ1) is 11.6. The van der Waals surface area contributed by atoms with Crippen molar-refractivity contribution >= 4 is 5.91 Å². The number of para-hydroxylation sites is 1. The number of aryl methyl sites for hydroxylation is 2. The van der Waals surface area contributed by atoms with E-state index in [1.807, 2.05) is 43.3 Å². The van der Waals surface area contributed by atoms with E-state index in [1.165, 1.54) is 0 Å². The Hall–Kier alpha value is -2.50. The molecule has 0 bridgehead atoms. The molecule has 1 saturated heterocycles. The summed E-state index contributed by atoms with van der Waals surface area (Å²) in [7, 11) is 2.01. The predicted octanol–water partition coefficient (Wildman–Crippen LogP) is 2.13. The number of carbonyl (C=O) groups excluding carboxylic acids is 1. The van der Waals surface area contributed by atoms with E-state index in [0.29, 0.717) is 36.8 Å². The van der Waals surface area contributed by atoms with Gasteiger partial charge in [0.2, 0.25) is 0 Å². The lowest BCUT2D eigenvalue weighted by Crippen LogP contribution is -2.30. The molecule has 4 rings (SSSR count). The van der Waals surface area contributed by atoms with E-state index in [4.69, 9.17) is 9.47 Å². The van der Waals surface area contributed by atoms with E-state index in [9.17, 15) is 4.79 Å². The maximum absolute atomic E-state index is 12.9. The van der Waals surface area contributed by atoms with Gasteiger partial charge in [0, 0.05) is 32.3 Å². The average Bonchev–Trinajstić information content (AvgIpc) is 3.20. The Bertz CT molecular complexity index is 784. The highest BCUT2D eigenvalue weighted by Crippen LogP contribution is 2.36. The fraction of sp³-hybridized carbons (Fsp3) is 0.444. The minimum atomic E-state index is 0.00535. The summed E-state index contributed by atoms with van der Waals surface area (Å²) < 4.78 is 13.3. The SMILES string of the molecule is Cc1cn(C)c(C2CCN(C(=O)c3cccc4c3OCCO4)C2)n1. The van der Waals surface area contributed by atoms with Crippen LogP contribution in [-0.2, 0) is 7.05 Å². The molecule has 2 aromatic rings. The highest BCUT2D eigenvalue weighted by atomic mass is 16.6. The highest BCUT2D eigenvalue weighted by Gasteiger charge is 2.32. The second-order valence-electron chi connectivity index (χ2n) is 6.42. The monoisotopic (exact) mass is 327 g/mol. The zero-order valence-electron chi connectivity index (χ0n) is 14.0. The van der Waals surface area contributed by atoms with Gasteiger partial charge in [-0.2, -0.15) is 0 Å². The summed E-state index contributed by atoms with van der Waals surface area (Å²) in [5, 5.41) is 0. The first-order valence-electron chi connectivity index (χ1n) is 8.31. The highest BCUT2D eigenvalue weighted by molar-refractivity contribution is 5.98. The fourth-order valence-corrected chi connectivity index (χ4v) is 3.58. The maximum atomic E-state index is 12.9. The van der Waals surface area contributed by atoms with Crippen LogP contribution in [0.4, 0.5) is 0 Å². The van der Waals surface area contributed by atoms with E-state index >= 15 is 0 Å². The van der Waals surface area contributed by atoms with Crippen LogP contribution >= 0.6 is 0 Å². The van der Waals surface area contributed by atoms with Gasteiger partial charge in [0.05, 0.1) is 11.3 Å². The normalized spacial score (nSPS) is 19.6. The molecule has 126 valence electrons. The number of rotatable bonds is 2. The van der Waals surface area contributed by atoms with Gasteiger partial charge in [0.25, 0.3) is 5.91 Å². The molecule has 1 unspecified atom stereocenters. The second kappa shape index (κ2) is 5.85. The number of likely N-dealkylation sites (tertiary alicyclic amines) is 1. The first kappa shape index (κ1) is 15.1. The molecule has 0 spiro atoms. The van der Waals surface area contributed by atoms with Gasteiger partial charge < -0.3 is 18.9 Å². The molecule has 1 aromatic carbocycles. The molecule has 0 N–H and O–H groups in total. The molecule has 1 atom stereocenters. The van der Waals surface area contributed by atoms with E-state index in [2.05, 4.69) is 9.55 Å². The topological polar surface area (TPSA) is 56.6 Å². The minimum Gasteiger partial charge on any atom is -0.486 e. The number of nitrogens with zero attached hydrogens (tertiary/aromatic N) is 3. The van der Waals surface area contributed by atoms with Gasteiger partial charge in [-0.05, 0) is 25.5 Å². The van der Waals surface area contributed by atoms with Gasteiger partial charge in [0.1, 0.15) is 19.0 Å². The number of carbonyl (C=O) groups is 1. The van der Waals surface area contributed by atoms with Crippen molar-refractivity contribution < 1.29 is 14.3 Å². The van der Waals surface area contributed by atoms with Gasteiger partial charge >= 0.3 is 0 Å². The summed E-state index contributed by atoms with van der Waals surface area (Å²) >= 11 is 0. The van der Waals surface area contributed by atoms with Gasteiger partial charge in [-0.25, -0.2) is 4.98 Å². The lowest BCUT2D eigenvalue weighted by atomic mass is 10.1. The summed E-state index contributed by atoms with van der Waals surface area (Å²) in [5.41, 5.74) is 1.60. The van der Waals surface area contributed by atoms with Crippen LogP contribution < -0.4 is 9.47 Å². The Morgan fingerprint density at radius 2 is 2.12 bits per heavy atom. The number of imidazole rings is 1. The van der Waals surface area contributed by atoms with E-state index in [1.54, 1.807) is 0 Å². The molecule has 2 aliphatic rings. The Kier molecular flexibility index (Phi) is 3.67. The van der Waals surface area contributed by atoms with Crippen LogP contribution in [0.3, 0.4) is 0 Å². The van der Waals surface area contributed by atoms with Crippen molar-refractivity contribution in [1.29, 1.82) is 0 Å². The molecule has 1 aromatic heterocycles. The van der Waals surface area contributed by atoms with Crippen LogP contribution in [0.1, 0.15) is 34.2 Å². The molecule has 0 saturated carbocycles. The Labute approximate surface area is 141 Å². The molecule has 2 aliphatic heterocycles. The van der Waals surface area contributed by atoms with Crippen molar-refractivity contribution in [3.63, 3.8) is 0 Å². The molecule has 6 nitrogen and oxygen atoms in total. The molecule has 6 heteroatoms. The summed E-state index contributed by atoms with van der Waals surface area (Å²) in [6, 6.07) is 5.50. The molecular weight excluding hydrogens is 306 g/mol. The van der Waals surface area contributed by atoms with Crippen molar-refractivity contribution in [2.45, 2.75) is 19.3 Å². The third kappa shape index (κ3) is 2.52. The van der Waals surface area contributed by atoms with Crippen molar-refractivity contribution in [1.82, 2.24) is 14.5 Å². The summed E-state index contributed by atoms with van der Waals surface area (Å²) in [4.78, 5) is 19.4. The van der Waals surface area contributed by atoms with Crippen molar-refractivity contribution in [3.8, 4) is 11.5 Å². The van der Waals surface area contributed by atoms with Crippen LogP contribution in [0, 0.1) is 6.92 Å². The quantitative estimate of drug-likeness (QED) is 0.848.